The van der Waals surface area contributed by atoms with E-state index in [-0.39, 0.29) is 6.61 Å². The summed E-state index contributed by atoms with van der Waals surface area (Å²) >= 11 is 0. The number of hydrogen-bond acceptors (Lipinski definition) is 4. The van der Waals surface area contributed by atoms with Crippen molar-refractivity contribution in [3.63, 3.8) is 0 Å². The van der Waals surface area contributed by atoms with Crippen LogP contribution in [0.4, 0.5) is 0 Å². The number of nitrogens with two attached hydrogens (primary N) is 3. The molecule has 0 spiro atoms. The first-order chi connectivity index (χ1) is 3.56. The first-order valence-electron chi connectivity index (χ1n) is 2.29. The van der Waals surface area contributed by atoms with Gasteiger partial charge < -0.3 is 10.8 Å². The number of hydrazine groups is 1. The summed E-state index contributed by atoms with van der Waals surface area (Å²) in [6.45, 7) is 3.59. The normalized spacial score (nSPS) is 9.75. The van der Waals surface area contributed by atoms with E-state index < -0.39 is 5.54 Å². The predicted octanol–water partition coefficient (Wildman–Crippen LogP) is -1.47. The highest BCUT2D eigenvalue weighted by atomic mass is 16.3. The minimum Gasteiger partial charge on any atom is -0.394 e. The van der Waals surface area contributed by atoms with E-state index in [0.717, 1.165) is 0 Å². The van der Waals surface area contributed by atoms with Gasteiger partial charge in [0.2, 0.25) is 0 Å². The maximum Gasteiger partial charge on any atom is 0.0605 e. The lowest BCUT2D eigenvalue weighted by atomic mass is 10.1. The SMILES string of the molecule is CC(C)(N)CO.NN. The van der Waals surface area contributed by atoms with E-state index in [1.165, 1.54) is 0 Å². The van der Waals surface area contributed by atoms with Gasteiger partial charge in [0.15, 0.2) is 0 Å². The van der Waals surface area contributed by atoms with Crippen LogP contribution in [-0.2, 0) is 0 Å². The van der Waals surface area contributed by atoms with Crippen molar-refractivity contribution in [2.45, 2.75) is 19.4 Å². The Hall–Kier alpha value is -0.160. The van der Waals surface area contributed by atoms with E-state index >= 15 is 0 Å². The Morgan fingerprint density at radius 1 is 1.38 bits per heavy atom. The Labute approximate surface area is 49.6 Å². The fraction of sp³-hybridized carbons (Fsp3) is 1.00. The second-order valence-corrected chi connectivity index (χ2v) is 2.15. The molecule has 0 aromatic carbocycles. The smallest absolute Gasteiger partial charge is 0.0605 e. The molecule has 0 aromatic heterocycles. The van der Waals surface area contributed by atoms with Crippen LogP contribution in [0.3, 0.4) is 0 Å². The Balaban J connectivity index is 0. The number of rotatable bonds is 1. The lowest BCUT2D eigenvalue weighted by Crippen LogP contribution is -2.35. The van der Waals surface area contributed by atoms with Crippen LogP contribution in [0.1, 0.15) is 13.8 Å². The average Bonchev–Trinajstić information content (AvgIpc) is 1.71. The summed E-state index contributed by atoms with van der Waals surface area (Å²) in [5.74, 6) is 8.00. The van der Waals surface area contributed by atoms with Crippen molar-refractivity contribution >= 4 is 0 Å². The molecule has 4 nitrogen and oxygen atoms in total. The predicted molar refractivity (Wildman–Crippen MR) is 33.7 cm³/mol. The van der Waals surface area contributed by atoms with Gasteiger partial charge in [0.05, 0.1) is 6.61 Å². The van der Waals surface area contributed by atoms with Crippen molar-refractivity contribution in [1.29, 1.82) is 0 Å². The third-order valence-corrected chi connectivity index (χ3v) is 0.408. The lowest BCUT2D eigenvalue weighted by molar-refractivity contribution is 0.221. The van der Waals surface area contributed by atoms with Gasteiger partial charge in [0.1, 0.15) is 0 Å². The average molecular weight is 121 g/mol. The van der Waals surface area contributed by atoms with Gasteiger partial charge in [-0.25, -0.2) is 0 Å². The Morgan fingerprint density at radius 2 is 1.50 bits per heavy atom. The van der Waals surface area contributed by atoms with Crippen molar-refractivity contribution in [3.05, 3.63) is 0 Å². The van der Waals surface area contributed by atoms with Crippen LogP contribution >= 0.6 is 0 Å². The molecule has 0 aliphatic carbocycles. The number of aliphatic hydroxyl groups excluding tert-OH is 1. The van der Waals surface area contributed by atoms with Crippen molar-refractivity contribution in [2.24, 2.45) is 17.4 Å². The maximum absolute atomic E-state index is 8.28. The molecule has 0 rings (SSSR count). The zero-order chi connectivity index (χ0) is 7.21. The van der Waals surface area contributed by atoms with Crippen molar-refractivity contribution in [2.75, 3.05) is 6.61 Å². The molecule has 8 heavy (non-hydrogen) atoms. The third kappa shape index (κ3) is 17.0. The molecule has 0 atom stereocenters. The molecule has 52 valence electrons. The zero-order valence-electron chi connectivity index (χ0n) is 5.39. The van der Waals surface area contributed by atoms with E-state index in [9.17, 15) is 0 Å². The second kappa shape index (κ2) is 4.99. The molecule has 7 N–H and O–H groups in total. The summed E-state index contributed by atoms with van der Waals surface area (Å²) in [7, 11) is 0. The third-order valence-electron chi connectivity index (χ3n) is 0.408. The van der Waals surface area contributed by atoms with Gasteiger partial charge in [-0.1, -0.05) is 0 Å². The summed E-state index contributed by atoms with van der Waals surface area (Å²) in [6, 6.07) is 0. The van der Waals surface area contributed by atoms with Gasteiger partial charge in [-0.2, -0.15) is 0 Å². The Morgan fingerprint density at radius 3 is 1.50 bits per heavy atom. The van der Waals surface area contributed by atoms with E-state index in [1.807, 2.05) is 0 Å². The van der Waals surface area contributed by atoms with E-state index in [1.54, 1.807) is 13.8 Å². The standard InChI is InChI=1S/C4H11NO.H4N2/c1-4(2,5)3-6;1-2/h6H,3,5H2,1-2H3;1-2H2. The molecular weight excluding hydrogens is 106 g/mol. The van der Waals surface area contributed by atoms with Gasteiger partial charge in [-0.3, -0.25) is 11.7 Å². The quantitative estimate of drug-likeness (QED) is 0.251. The highest BCUT2D eigenvalue weighted by molar-refractivity contribution is 4.67. The summed E-state index contributed by atoms with van der Waals surface area (Å²) in [5.41, 5.74) is 4.88. The highest BCUT2D eigenvalue weighted by Crippen LogP contribution is 1.89. The van der Waals surface area contributed by atoms with Crippen LogP contribution in [0.15, 0.2) is 0 Å². The van der Waals surface area contributed by atoms with Crippen LogP contribution in [-0.4, -0.2) is 17.3 Å². The van der Waals surface area contributed by atoms with Crippen molar-refractivity contribution in [3.8, 4) is 0 Å². The molecule has 0 aliphatic heterocycles. The fourth-order valence-electron chi connectivity index (χ4n) is 0. The van der Waals surface area contributed by atoms with Gasteiger partial charge in [0.25, 0.3) is 0 Å². The van der Waals surface area contributed by atoms with Crippen molar-refractivity contribution in [1.82, 2.24) is 0 Å². The molecule has 0 heterocycles. The van der Waals surface area contributed by atoms with Crippen LogP contribution in [0, 0.1) is 0 Å². The summed E-state index contributed by atoms with van der Waals surface area (Å²) in [5, 5.41) is 8.28. The largest absolute Gasteiger partial charge is 0.394 e. The molecule has 0 fully saturated rings. The maximum atomic E-state index is 8.28. The minimum atomic E-state index is -0.403. The Bertz CT molecular complexity index is 41.0. The van der Waals surface area contributed by atoms with E-state index in [4.69, 9.17) is 10.8 Å². The first-order valence-corrected chi connectivity index (χ1v) is 2.29. The van der Waals surface area contributed by atoms with Crippen LogP contribution < -0.4 is 17.4 Å². The summed E-state index contributed by atoms with van der Waals surface area (Å²) in [6.07, 6.45) is 0. The molecule has 0 unspecified atom stereocenters. The van der Waals surface area contributed by atoms with Crippen molar-refractivity contribution < 1.29 is 5.11 Å². The minimum absolute atomic E-state index is 0.0486. The first kappa shape index (κ1) is 10.8. The molecule has 0 saturated carbocycles. The second-order valence-electron chi connectivity index (χ2n) is 2.15. The molecule has 0 aromatic rings. The molecule has 0 saturated heterocycles. The zero-order valence-corrected chi connectivity index (χ0v) is 5.39. The molecule has 0 aliphatic rings. The molecule has 0 bridgehead atoms. The summed E-state index contributed by atoms with van der Waals surface area (Å²) < 4.78 is 0. The van der Waals surface area contributed by atoms with E-state index in [2.05, 4.69) is 11.7 Å². The molecule has 0 radical (unpaired) electrons. The lowest BCUT2D eigenvalue weighted by Gasteiger charge is -2.12. The molecule has 4 heteroatoms. The van der Waals surface area contributed by atoms with Gasteiger partial charge in [-0.15, -0.1) is 0 Å². The fourth-order valence-corrected chi connectivity index (χ4v) is 0. The molecular formula is C4H15N3O. The van der Waals surface area contributed by atoms with Crippen LogP contribution in [0.2, 0.25) is 0 Å². The van der Waals surface area contributed by atoms with E-state index in [0.29, 0.717) is 0 Å². The number of aliphatic hydroxyl groups is 1. The topological polar surface area (TPSA) is 98.3 Å². The van der Waals surface area contributed by atoms with Crippen LogP contribution in [0.5, 0.6) is 0 Å². The van der Waals surface area contributed by atoms with Gasteiger partial charge in [-0.05, 0) is 13.8 Å². The highest BCUT2D eigenvalue weighted by Gasteiger charge is 2.05. The molecule has 0 amide bonds. The number of hydrogen-bond donors (Lipinski definition) is 4. The van der Waals surface area contributed by atoms with Crippen LogP contribution in [0.25, 0.3) is 0 Å². The summed E-state index contributed by atoms with van der Waals surface area (Å²) in [4.78, 5) is 0. The monoisotopic (exact) mass is 121 g/mol. The van der Waals surface area contributed by atoms with Gasteiger partial charge in [0, 0.05) is 5.54 Å². The Kier molecular flexibility index (Phi) is 6.70. The van der Waals surface area contributed by atoms with Gasteiger partial charge >= 0.3 is 0 Å².